The number of carbonyl (C=O) groups excluding carboxylic acids is 1. The van der Waals surface area contributed by atoms with Crippen molar-refractivity contribution in [1.82, 2.24) is 4.98 Å². The maximum absolute atomic E-state index is 13.0. The zero-order chi connectivity index (χ0) is 11.0. The number of hydrogen-bond acceptors (Lipinski definition) is 1. The van der Waals surface area contributed by atoms with Crippen LogP contribution < -0.4 is 0 Å². The van der Waals surface area contributed by atoms with E-state index in [9.17, 15) is 9.18 Å². The van der Waals surface area contributed by atoms with Crippen LogP contribution in [0.25, 0.3) is 10.9 Å². The molecule has 0 atom stereocenters. The van der Waals surface area contributed by atoms with E-state index < -0.39 is 0 Å². The van der Waals surface area contributed by atoms with Gasteiger partial charge in [-0.15, -0.1) is 6.42 Å². The van der Waals surface area contributed by atoms with Gasteiger partial charge in [-0.05, 0) is 18.2 Å². The fourth-order valence-corrected chi connectivity index (χ4v) is 1.58. The Balaban J connectivity index is 2.87. The number of rotatable bonds is 1. The van der Waals surface area contributed by atoms with Crippen LogP contribution in [0.5, 0.6) is 0 Å². The molecule has 0 radical (unpaired) electrons. The van der Waals surface area contributed by atoms with Crippen molar-refractivity contribution in [2.75, 3.05) is 0 Å². The zero-order valence-electron chi connectivity index (χ0n) is 8.10. The molecule has 0 saturated heterocycles. The van der Waals surface area contributed by atoms with Gasteiger partial charge < -0.3 is 4.98 Å². The molecule has 1 aromatic carbocycles. The van der Waals surface area contributed by atoms with Crippen molar-refractivity contribution in [2.24, 2.45) is 0 Å². The monoisotopic (exact) mass is 201 g/mol. The first-order chi connectivity index (χ1) is 7.13. The van der Waals surface area contributed by atoms with Gasteiger partial charge in [0.1, 0.15) is 5.82 Å². The average molecular weight is 201 g/mol. The lowest BCUT2D eigenvalue weighted by molar-refractivity contribution is 0.101. The first kappa shape index (κ1) is 9.47. The zero-order valence-corrected chi connectivity index (χ0v) is 8.10. The van der Waals surface area contributed by atoms with Crippen LogP contribution in [-0.2, 0) is 0 Å². The van der Waals surface area contributed by atoms with E-state index in [0.29, 0.717) is 22.2 Å². The Morgan fingerprint density at radius 2 is 2.27 bits per heavy atom. The predicted molar refractivity (Wildman–Crippen MR) is 56.2 cm³/mol. The quantitative estimate of drug-likeness (QED) is 0.558. The third kappa shape index (κ3) is 1.40. The van der Waals surface area contributed by atoms with Crippen molar-refractivity contribution in [3.63, 3.8) is 0 Å². The number of aromatic amines is 1. The highest BCUT2D eigenvalue weighted by Gasteiger charge is 2.13. The van der Waals surface area contributed by atoms with Gasteiger partial charge in [-0.3, -0.25) is 4.79 Å². The van der Waals surface area contributed by atoms with E-state index in [2.05, 4.69) is 10.9 Å². The van der Waals surface area contributed by atoms with Crippen LogP contribution in [0.2, 0.25) is 0 Å². The van der Waals surface area contributed by atoms with E-state index in [1.54, 1.807) is 6.07 Å². The Kier molecular flexibility index (Phi) is 2.05. The van der Waals surface area contributed by atoms with Gasteiger partial charge in [-0.25, -0.2) is 4.39 Å². The number of Topliss-reactive ketones (excluding diaryl/α,β-unsaturated/α-hetero) is 1. The second-order valence-electron chi connectivity index (χ2n) is 3.27. The predicted octanol–water partition coefficient (Wildman–Crippen LogP) is 2.49. The molecule has 0 amide bonds. The molecule has 0 fully saturated rings. The van der Waals surface area contributed by atoms with E-state index in [-0.39, 0.29) is 11.6 Å². The molecule has 0 bridgehead atoms. The van der Waals surface area contributed by atoms with Crippen LogP contribution in [0.3, 0.4) is 0 Å². The highest BCUT2D eigenvalue weighted by Crippen LogP contribution is 2.22. The Morgan fingerprint density at radius 1 is 1.53 bits per heavy atom. The summed E-state index contributed by atoms with van der Waals surface area (Å²) in [6, 6.07) is 4.22. The fourth-order valence-electron chi connectivity index (χ4n) is 1.58. The molecular weight excluding hydrogens is 193 g/mol. The van der Waals surface area contributed by atoms with Crippen molar-refractivity contribution < 1.29 is 9.18 Å². The number of terminal acetylenes is 1. The Labute approximate surface area is 86.1 Å². The molecule has 0 aliphatic carbocycles. The topological polar surface area (TPSA) is 32.9 Å². The number of carbonyl (C=O) groups is 1. The number of benzene rings is 1. The van der Waals surface area contributed by atoms with E-state index in [1.165, 1.54) is 19.1 Å². The number of hydrogen-bond donors (Lipinski definition) is 1. The fraction of sp³-hybridized carbons (Fsp3) is 0.0833. The van der Waals surface area contributed by atoms with Crippen LogP contribution in [0.1, 0.15) is 23.0 Å². The van der Waals surface area contributed by atoms with Gasteiger partial charge in [0.25, 0.3) is 0 Å². The summed E-state index contributed by atoms with van der Waals surface area (Å²) in [5.74, 6) is 1.89. The summed E-state index contributed by atoms with van der Waals surface area (Å²) in [6.07, 6.45) is 5.30. The largest absolute Gasteiger partial charge is 0.351 e. The van der Waals surface area contributed by atoms with Gasteiger partial charge >= 0.3 is 0 Å². The lowest BCUT2D eigenvalue weighted by Gasteiger charge is -1.91. The van der Waals surface area contributed by atoms with Crippen LogP contribution >= 0.6 is 0 Å². The molecule has 0 aliphatic rings. The first-order valence-electron chi connectivity index (χ1n) is 4.42. The summed E-state index contributed by atoms with van der Waals surface area (Å²) >= 11 is 0. The average Bonchev–Trinajstić information content (AvgIpc) is 2.55. The Bertz CT molecular complexity index is 589. The second-order valence-corrected chi connectivity index (χ2v) is 3.27. The summed E-state index contributed by atoms with van der Waals surface area (Å²) < 4.78 is 13.0. The summed E-state index contributed by atoms with van der Waals surface area (Å²) in [7, 11) is 0. The minimum atomic E-state index is -0.367. The van der Waals surface area contributed by atoms with Crippen molar-refractivity contribution in [1.29, 1.82) is 0 Å². The van der Waals surface area contributed by atoms with Gasteiger partial charge in [0.15, 0.2) is 5.78 Å². The second kappa shape index (κ2) is 3.25. The normalized spacial score (nSPS) is 10.2. The van der Waals surface area contributed by atoms with E-state index in [4.69, 9.17) is 6.42 Å². The summed E-state index contributed by atoms with van der Waals surface area (Å²) in [4.78, 5) is 14.1. The molecule has 1 heterocycles. The lowest BCUT2D eigenvalue weighted by Crippen LogP contribution is -1.94. The summed E-state index contributed by atoms with van der Waals surface area (Å²) in [5, 5.41) is 0.572. The number of fused-ring (bicyclic) bond motifs is 1. The van der Waals surface area contributed by atoms with Crippen molar-refractivity contribution >= 4 is 16.7 Å². The highest BCUT2D eigenvalue weighted by molar-refractivity contribution is 6.02. The van der Waals surface area contributed by atoms with E-state index >= 15 is 0 Å². The molecule has 0 unspecified atom stereocenters. The number of aromatic nitrogens is 1. The van der Waals surface area contributed by atoms with Gasteiger partial charge in [0.2, 0.25) is 0 Å². The van der Waals surface area contributed by atoms with Crippen LogP contribution in [0.15, 0.2) is 18.2 Å². The third-order valence-corrected chi connectivity index (χ3v) is 2.26. The molecule has 0 spiro atoms. The lowest BCUT2D eigenvalue weighted by atomic mass is 10.1. The first-order valence-corrected chi connectivity index (χ1v) is 4.42. The molecule has 15 heavy (non-hydrogen) atoms. The minimum Gasteiger partial charge on any atom is -0.351 e. The molecule has 2 nitrogen and oxygen atoms in total. The van der Waals surface area contributed by atoms with Gasteiger partial charge in [0, 0.05) is 17.8 Å². The summed E-state index contributed by atoms with van der Waals surface area (Å²) in [5.41, 5.74) is 1.46. The third-order valence-electron chi connectivity index (χ3n) is 2.26. The number of halogens is 1. The number of ketones is 1. The van der Waals surface area contributed by atoms with Crippen molar-refractivity contribution in [2.45, 2.75) is 6.92 Å². The maximum Gasteiger partial charge on any atom is 0.177 e. The molecule has 2 rings (SSSR count). The van der Waals surface area contributed by atoms with Crippen molar-refractivity contribution in [3.05, 3.63) is 35.3 Å². The van der Waals surface area contributed by atoms with Crippen LogP contribution in [0.4, 0.5) is 4.39 Å². The summed E-state index contributed by atoms with van der Waals surface area (Å²) in [6.45, 7) is 1.42. The molecule has 2 aromatic rings. The highest BCUT2D eigenvalue weighted by atomic mass is 19.1. The van der Waals surface area contributed by atoms with Gasteiger partial charge in [-0.2, -0.15) is 0 Å². The van der Waals surface area contributed by atoms with Gasteiger partial charge in [-0.1, -0.05) is 5.92 Å². The standard InChI is InChI=1S/C12H8FNO/c1-3-9-10-6-8(13)4-5-11(10)14-12(9)7(2)15/h1,4-6,14H,2H3. The molecule has 0 aliphatic heterocycles. The smallest absolute Gasteiger partial charge is 0.177 e. The van der Waals surface area contributed by atoms with E-state index in [1.807, 2.05) is 0 Å². The molecule has 0 saturated carbocycles. The Morgan fingerprint density at radius 3 is 2.87 bits per heavy atom. The number of H-pyrrole nitrogens is 1. The molecule has 74 valence electrons. The van der Waals surface area contributed by atoms with Crippen LogP contribution in [-0.4, -0.2) is 10.8 Å². The molecule has 3 heteroatoms. The Hall–Kier alpha value is -2.08. The SMILES string of the molecule is C#Cc1c(C(C)=O)[nH]c2ccc(F)cc12. The maximum atomic E-state index is 13.0. The number of nitrogens with one attached hydrogen (secondary N) is 1. The van der Waals surface area contributed by atoms with Gasteiger partial charge in [0.05, 0.1) is 11.3 Å². The van der Waals surface area contributed by atoms with Crippen molar-refractivity contribution in [3.8, 4) is 12.3 Å². The van der Waals surface area contributed by atoms with Crippen LogP contribution in [0, 0.1) is 18.2 Å². The minimum absolute atomic E-state index is 0.153. The molecular formula is C12H8FNO. The molecule has 1 aromatic heterocycles. The van der Waals surface area contributed by atoms with E-state index in [0.717, 1.165) is 0 Å². The molecule has 1 N–H and O–H groups in total.